The van der Waals surface area contributed by atoms with E-state index in [1.165, 1.54) is 38.6 Å². The Kier molecular flexibility index (Phi) is 6.54. The van der Waals surface area contributed by atoms with Gasteiger partial charge in [0.2, 0.25) is 0 Å². The maximum Gasteiger partial charge on any atom is 0.188 e. The number of rotatable bonds is 3. The lowest BCUT2D eigenvalue weighted by atomic mass is 10.2. The minimum atomic E-state index is 0. The maximum atomic E-state index is 5.78. The van der Waals surface area contributed by atoms with Crippen molar-refractivity contribution >= 4 is 29.9 Å². The maximum absolute atomic E-state index is 5.78. The summed E-state index contributed by atoms with van der Waals surface area (Å²) < 4.78 is 0. The molecule has 1 atom stereocenters. The van der Waals surface area contributed by atoms with E-state index in [4.69, 9.17) is 5.73 Å². The monoisotopic (exact) mass is 352 g/mol. The van der Waals surface area contributed by atoms with Crippen molar-refractivity contribution < 1.29 is 0 Å². The lowest BCUT2D eigenvalue weighted by Crippen LogP contribution is -2.42. The van der Waals surface area contributed by atoms with Gasteiger partial charge in [-0.1, -0.05) is 12.8 Å². The molecule has 100 valence electrons. The van der Waals surface area contributed by atoms with Gasteiger partial charge in [-0.05, 0) is 26.2 Å². The van der Waals surface area contributed by atoms with Crippen molar-refractivity contribution in [3.8, 4) is 0 Å². The molecule has 1 unspecified atom stereocenters. The van der Waals surface area contributed by atoms with Crippen LogP contribution in [0.25, 0.3) is 0 Å². The topological polar surface area (TPSA) is 53.6 Å². The van der Waals surface area contributed by atoms with Gasteiger partial charge in [0.05, 0.1) is 0 Å². The highest BCUT2D eigenvalue weighted by molar-refractivity contribution is 14.0. The highest BCUT2D eigenvalue weighted by atomic mass is 127. The lowest BCUT2D eigenvalue weighted by Gasteiger charge is -2.23. The van der Waals surface area contributed by atoms with Gasteiger partial charge in [0.25, 0.3) is 0 Å². The van der Waals surface area contributed by atoms with Crippen molar-refractivity contribution in [1.82, 2.24) is 10.2 Å². The summed E-state index contributed by atoms with van der Waals surface area (Å²) in [5.74, 6) is 0.612. The molecule has 1 heterocycles. The molecule has 0 aromatic heterocycles. The molecule has 0 aromatic carbocycles. The molecule has 2 aliphatic rings. The molecular formula is C12H25IN4. The number of guanidine groups is 1. The molecule has 5 heteroatoms. The predicted octanol–water partition coefficient (Wildman–Crippen LogP) is 1.55. The Balaban J connectivity index is 0.00000144. The van der Waals surface area contributed by atoms with Gasteiger partial charge in [0, 0.05) is 31.7 Å². The Hall–Kier alpha value is -0.0400. The zero-order chi connectivity index (χ0) is 11.4. The molecule has 0 amide bonds. The van der Waals surface area contributed by atoms with E-state index in [2.05, 4.69) is 15.2 Å². The van der Waals surface area contributed by atoms with Crippen LogP contribution in [0.1, 0.15) is 39.0 Å². The standard InChI is InChI=1S/C12H24N4.HI/c1-2-14-12(13)15-10-7-8-16(9-10)11-5-3-4-6-11;/h10-11H,2-9H2,1H3,(H3,13,14,15);1H. The van der Waals surface area contributed by atoms with Crippen LogP contribution in [0.2, 0.25) is 0 Å². The van der Waals surface area contributed by atoms with Gasteiger partial charge < -0.3 is 11.1 Å². The molecule has 0 bridgehead atoms. The predicted molar refractivity (Wildman–Crippen MR) is 82.9 cm³/mol. The van der Waals surface area contributed by atoms with Gasteiger partial charge in [-0.2, -0.15) is 0 Å². The van der Waals surface area contributed by atoms with Gasteiger partial charge in [-0.3, -0.25) is 9.89 Å². The molecule has 2 fully saturated rings. The van der Waals surface area contributed by atoms with Crippen LogP contribution >= 0.6 is 24.0 Å². The van der Waals surface area contributed by atoms with Gasteiger partial charge in [0.1, 0.15) is 0 Å². The van der Waals surface area contributed by atoms with E-state index in [1.807, 2.05) is 6.92 Å². The third-order valence-electron chi connectivity index (χ3n) is 3.74. The second-order valence-corrected chi connectivity index (χ2v) is 4.92. The van der Waals surface area contributed by atoms with E-state index in [9.17, 15) is 0 Å². The smallest absolute Gasteiger partial charge is 0.188 e. The normalized spacial score (nSPS) is 27.1. The number of nitrogens with two attached hydrogens (primary N) is 1. The number of nitrogens with one attached hydrogen (secondary N) is 1. The molecule has 1 aliphatic carbocycles. The van der Waals surface area contributed by atoms with Crippen LogP contribution in [0.3, 0.4) is 0 Å². The summed E-state index contributed by atoms with van der Waals surface area (Å²) in [6.07, 6.45) is 6.82. The van der Waals surface area contributed by atoms with Crippen molar-refractivity contribution in [2.75, 3.05) is 19.6 Å². The Morgan fingerprint density at radius 1 is 1.35 bits per heavy atom. The average Bonchev–Trinajstić information content (AvgIpc) is 2.86. The minimum absolute atomic E-state index is 0. The van der Waals surface area contributed by atoms with Gasteiger partial charge in [-0.15, -0.1) is 24.0 Å². The van der Waals surface area contributed by atoms with E-state index in [0.717, 1.165) is 19.1 Å². The van der Waals surface area contributed by atoms with Crippen LogP contribution in [-0.2, 0) is 0 Å². The van der Waals surface area contributed by atoms with Crippen molar-refractivity contribution in [1.29, 1.82) is 0 Å². The Morgan fingerprint density at radius 2 is 2.06 bits per heavy atom. The molecule has 1 saturated carbocycles. The summed E-state index contributed by atoms with van der Waals surface area (Å²) in [6.45, 7) is 5.14. The van der Waals surface area contributed by atoms with Crippen LogP contribution in [0.5, 0.6) is 0 Å². The second-order valence-electron chi connectivity index (χ2n) is 4.92. The third kappa shape index (κ3) is 4.28. The first kappa shape index (κ1) is 15.0. The molecule has 17 heavy (non-hydrogen) atoms. The van der Waals surface area contributed by atoms with Gasteiger partial charge in [-0.25, -0.2) is 0 Å². The Morgan fingerprint density at radius 3 is 2.71 bits per heavy atom. The van der Waals surface area contributed by atoms with E-state index in [0.29, 0.717) is 12.0 Å². The molecular weight excluding hydrogens is 327 g/mol. The molecule has 1 saturated heterocycles. The fourth-order valence-electron chi connectivity index (χ4n) is 2.93. The van der Waals surface area contributed by atoms with Crippen molar-refractivity contribution in [3.63, 3.8) is 0 Å². The summed E-state index contributed by atoms with van der Waals surface area (Å²) in [5.41, 5.74) is 5.78. The Labute approximate surface area is 121 Å². The first-order chi connectivity index (χ1) is 7.79. The molecule has 2 rings (SSSR count). The van der Waals surface area contributed by atoms with Crippen LogP contribution < -0.4 is 11.1 Å². The first-order valence-corrected chi connectivity index (χ1v) is 6.60. The van der Waals surface area contributed by atoms with Crippen molar-refractivity contribution in [2.24, 2.45) is 10.7 Å². The highest BCUT2D eigenvalue weighted by Crippen LogP contribution is 2.26. The first-order valence-electron chi connectivity index (χ1n) is 6.60. The zero-order valence-electron chi connectivity index (χ0n) is 10.7. The van der Waals surface area contributed by atoms with E-state index in [-0.39, 0.29) is 24.0 Å². The van der Waals surface area contributed by atoms with Crippen LogP contribution in [0.15, 0.2) is 4.99 Å². The van der Waals surface area contributed by atoms with Crippen LogP contribution in [-0.4, -0.2) is 42.6 Å². The number of aliphatic imine (C=N–C) groups is 1. The summed E-state index contributed by atoms with van der Waals surface area (Å²) >= 11 is 0. The highest BCUT2D eigenvalue weighted by Gasteiger charge is 2.29. The summed E-state index contributed by atoms with van der Waals surface area (Å²) in [6, 6.07) is 1.35. The number of halogens is 1. The average molecular weight is 352 g/mol. The summed E-state index contributed by atoms with van der Waals surface area (Å²) in [5, 5.41) is 3.32. The van der Waals surface area contributed by atoms with Crippen LogP contribution in [0.4, 0.5) is 0 Å². The van der Waals surface area contributed by atoms with E-state index in [1.54, 1.807) is 0 Å². The minimum Gasteiger partial charge on any atom is -0.370 e. The molecule has 1 aliphatic heterocycles. The SMILES string of the molecule is CCN=C(N)NC1CCN(C2CCCC2)C1.I. The Bertz CT molecular complexity index is 251. The quantitative estimate of drug-likeness (QED) is 0.460. The van der Waals surface area contributed by atoms with Crippen LogP contribution in [0, 0.1) is 0 Å². The van der Waals surface area contributed by atoms with Crippen molar-refractivity contribution in [2.45, 2.75) is 51.1 Å². The fourth-order valence-corrected chi connectivity index (χ4v) is 2.93. The van der Waals surface area contributed by atoms with E-state index < -0.39 is 0 Å². The summed E-state index contributed by atoms with van der Waals surface area (Å²) in [4.78, 5) is 6.80. The molecule has 0 aromatic rings. The molecule has 4 nitrogen and oxygen atoms in total. The van der Waals surface area contributed by atoms with E-state index >= 15 is 0 Å². The zero-order valence-corrected chi connectivity index (χ0v) is 13.0. The fraction of sp³-hybridized carbons (Fsp3) is 0.917. The third-order valence-corrected chi connectivity index (χ3v) is 3.74. The number of nitrogens with zero attached hydrogens (tertiary/aromatic N) is 2. The molecule has 0 radical (unpaired) electrons. The largest absolute Gasteiger partial charge is 0.370 e. The number of likely N-dealkylation sites (tertiary alicyclic amines) is 1. The van der Waals surface area contributed by atoms with Gasteiger partial charge >= 0.3 is 0 Å². The summed E-state index contributed by atoms with van der Waals surface area (Å²) in [7, 11) is 0. The second kappa shape index (κ2) is 7.41. The molecule has 3 N–H and O–H groups in total. The lowest BCUT2D eigenvalue weighted by molar-refractivity contribution is 0.242. The van der Waals surface area contributed by atoms with Crippen molar-refractivity contribution in [3.05, 3.63) is 0 Å². The molecule has 0 spiro atoms. The van der Waals surface area contributed by atoms with Gasteiger partial charge in [0.15, 0.2) is 5.96 Å². The number of hydrogen-bond acceptors (Lipinski definition) is 2. The number of hydrogen-bond donors (Lipinski definition) is 2.